The Hall–Kier alpha value is -1.56. The molecule has 18 heavy (non-hydrogen) atoms. The molecule has 0 saturated heterocycles. The van der Waals surface area contributed by atoms with Crippen LogP contribution in [-0.2, 0) is 11.2 Å². The monoisotopic (exact) mass is 267 g/mol. The van der Waals surface area contributed by atoms with E-state index < -0.39 is 0 Å². The molecule has 98 valence electrons. The van der Waals surface area contributed by atoms with E-state index in [1.54, 1.807) is 11.3 Å². The molecule has 1 amide bonds. The molecular formula is C12H17N3O2S. The molecule has 0 aliphatic heterocycles. The number of aryl methyl sites for hydroxylation is 1. The fourth-order valence-electron chi connectivity index (χ4n) is 2.25. The molecule has 5 nitrogen and oxygen atoms in total. The highest BCUT2D eigenvalue weighted by Gasteiger charge is 2.26. The maximum Gasteiger partial charge on any atom is 0.227 e. The predicted octanol–water partition coefficient (Wildman–Crippen LogP) is 1.42. The molecule has 6 heteroatoms. The Morgan fingerprint density at radius 1 is 1.67 bits per heavy atom. The molecule has 1 aliphatic carbocycles. The van der Waals surface area contributed by atoms with E-state index in [0.29, 0.717) is 13.0 Å². The molecule has 1 atom stereocenters. The predicted molar refractivity (Wildman–Crippen MR) is 71.0 cm³/mol. The van der Waals surface area contributed by atoms with Gasteiger partial charge in [0, 0.05) is 17.8 Å². The fraction of sp³-hybridized carbons (Fsp3) is 0.500. The number of carbonyl (C=O) groups is 1. The Kier molecular flexibility index (Phi) is 4.19. The van der Waals surface area contributed by atoms with Crippen LogP contribution in [0.2, 0.25) is 0 Å². The van der Waals surface area contributed by atoms with Crippen molar-refractivity contribution in [3.63, 3.8) is 0 Å². The number of nitrogens with zero attached hydrogens (tertiary/aromatic N) is 1. The van der Waals surface area contributed by atoms with Gasteiger partial charge in [-0.15, -0.1) is 11.3 Å². The number of rotatable bonds is 4. The van der Waals surface area contributed by atoms with Crippen LogP contribution in [0.1, 0.15) is 35.6 Å². The summed E-state index contributed by atoms with van der Waals surface area (Å²) in [5, 5.41) is 16.2. The highest BCUT2D eigenvalue weighted by atomic mass is 32.1. The van der Waals surface area contributed by atoms with Crippen molar-refractivity contribution in [1.29, 1.82) is 0 Å². The van der Waals surface area contributed by atoms with Gasteiger partial charge in [0.25, 0.3) is 0 Å². The summed E-state index contributed by atoms with van der Waals surface area (Å²) in [6.45, 7) is 0.407. The molecule has 4 N–H and O–H groups in total. The van der Waals surface area contributed by atoms with E-state index in [1.807, 2.05) is 11.4 Å². The second-order valence-electron chi connectivity index (χ2n) is 4.38. The number of fused-ring (bicyclic) bond motifs is 1. The van der Waals surface area contributed by atoms with Crippen LogP contribution in [0.5, 0.6) is 0 Å². The Morgan fingerprint density at radius 3 is 3.28 bits per heavy atom. The van der Waals surface area contributed by atoms with Crippen molar-refractivity contribution < 1.29 is 10.0 Å². The average molecular weight is 267 g/mol. The first-order chi connectivity index (χ1) is 8.72. The zero-order chi connectivity index (χ0) is 13.0. The van der Waals surface area contributed by atoms with Crippen molar-refractivity contribution >= 4 is 23.1 Å². The minimum atomic E-state index is -0.0349. The van der Waals surface area contributed by atoms with E-state index in [0.717, 1.165) is 19.3 Å². The number of amides is 1. The highest BCUT2D eigenvalue weighted by Crippen LogP contribution is 2.34. The first-order valence-corrected chi connectivity index (χ1v) is 6.90. The van der Waals surface area contributed by atoms with Gasteiger partial charge in [-0.1, -0.05) is 5.16 Å². The number of nitrogens with one attached hydrogen (secondary N) is 1. The molecular weight excluding hydrogens is 250 g/mol. The molecule has 0 fully saturated rings. The van der Waals surface area contributed by atoms with E-state index in [1.165, 1.54) is 10.4 Å². The summed E-state index contributed by atoms with van der Waals surface area (Å²) in [4.78, 5) is 13.4. The summed E-state index contributed by atoms with van der Waals surface area (Å²) in [7, 11) is 0. The summed E-state index contributed by atoms with van der Waals surface area (Å²) in [6, 6.07) is 2.05. The van der Waals surface area contributed by atoms with Gasteiger partial charge in [0.2, 0.25) is 5.91 Å². The number of hydrogen-bond donors (Lipinski definition) is 3. The lowest BCUT2D eigenvalue weighted by Crippen LogP contribution is -2.33. The molecule has 0 spiro atoms. The third-order valence-electron chi connectivity index (χ3n) is 3.18. The first kappa shape index (κ1) is 12.9. The number of nitrogens with two attached hydrogens (primary N) is 1. The van der Waals surface area contributed by atoms with Gasteiger partial charge in [-0.2, -0.15) is 0 Å². The number of amidine groups is 1. The Balaban J connectivity index is 1.91. The second-order valence-corrected chi connectivity index (χ2v) is 5.38. The van der Waals surface area contributed by atoms with Crippen LogP contribution in [0.4, 0.5) is 0 Å². The standard InChI is InChI=1S/C12H17N3O2S/c13-11(15-17)4-6-14-12(16)9-2-1-3-10-8(9)5-7-18-10/h5,7,9,17H,1-4,6H2,(H2,13,15)(H,14,16). The van der Waals surface area contributed by atoms with Gasteiger partial charge >= 0.3 is 0 Å². The van der Waals surface area contributed by atoms with Gasteiger partial charge < -0.3 is 16.3 Å². The third kappa shape index (κ3) is 2.81. The van der Waals surface area contributed by atoms with Crippen LogP contribution in [0.3, 0.4) is 0 Å². The Bertz CT molecular complexity index is 456. The first-order valence-electron chi connectivity index (χ1n) is 6.02. The van der Waals surface area contributed by atoms with Crippen LogP contribution >= 0.6 is 11.3 Å². The van der Waals surface area contributed by atoms with Gasteiger partial charge in [-0.3, -0.25) is 4.79 Å². The van der Waals surface area contributed by atoms with E-state index in [4.69, 9.17) is 10.9 Å². The zero-order valence-corrected chi connectivity index (χ0v) is 10.9. The molecule has 0 bridgehead atoms. The molecule has 1 aliphatic rings. The molecule has 0 aromatic carbocycles. The van der Waals surface area contributed by atoms with Crippen molar-refractivity contribution in [1.82, 2.24) is 5.32 Å². The van der Waals surface area contributed by atoms with Gasteiger partial charge in [-0.25, -0.2) is 0 Å². The maximum absolute atomic E-state index is 12.1. The van der Waals surface area contributed by atoms with Crippen LogP contribution < -0.4 is 11.1 Å². The quantitative estimate of drug-likeness (QED) is 0.334. The molecule has 2 rings (SSSR count). The van der Waals surface area contributed by atoms with Gasteiger partial charge in [0.1, 0.15) is 5.84 Å². The fourth-order valence-corrected chi connectivity index (χ4v) is 3.23. The van der Waals surface area contributed by atoms with Gasteiger partial charge in [0.15, 0.2) is 0 Å². The molecule has 1 aromatic rings. The zero-order valence-electron chi connectivity index (χ0n) is 10.1. The Labute approximate surface area is 110 Å². The van der Waals surface area contributed by atoms with Crippen molar-refractivity contribution in [3.05, 3.63) is 21.9 Å². The summed E-state index contributed by atoms with van der Waals surface area (Å²) >= 11 is 1.73. The SMILES string of the molecule is N/C(CCNC(=O)C1CCCc2sccc21)=N/O. The van der Waals surface area contributed by atoms with Crippen molar-refractivity contribution in [2.24, 2.45) is 10.9 Å². The Morgan fingerprint density at radius 2 is 2.50 bits per heavy atom. The van der Waals surface area contributed by atoms with Crippen molar-refractivity contribution in [2.45, 2.75) is 31.6 Å². The molecule has 1 heterocycles. The summed E-state index contributed by atoms with van der Waals surface area (Å²) in [6.07, 6.45) is 3.41. The molecule has 1 aromatic heterocycles. The second kappa shape index (κ2) is 5.86. The minimum Gasteiger partial charge on any atom is -0.409 e. The van der Waals surface area contributed by atoms with E-state index >= 15 is 0 Å². The summed E-state index contributed by atoms with van der Waals surface area (Å²) < 4.78 is 0. The van der Waals surface area contributed by atoms with E-state index in [-0.39, 0.29) is 17.7 Å². The summed E-state index contributed by atoms with van der Waals surface area (Å²) in [5.74, 6) is 0.141. The largest absolute Gasteiger partial charge is 0.409 e. The minimum absolute atomic E-state index is 0.0349. The lowest BCUT2D eigenvalue weighted by atomic mass is 9.87. The number of thiophene rings is 1. The van der Waals surface area contributed by atoms with Crippen LogP contribution in [0.25, 0.3) is 0 Å². The van der Waals surface area contributed by atoms with Crippen LogP contribution in [-0.4, -0.2) is 23.5 Å². The normalized spacial score (nSPS) is 19.3. The molecule has 0 radical (unpaired) electrons. The lowest BCUT2D eigenvalue weighted by molar-refractivity contribution is -0.122. The third-order valence-corrected chi connectivity index (χ3v) is 4.17. The van der Waals surface area contributed by atoms with E-state index in [2.05, 4.69) is 10.5 Å². The maximum atomic E-state index is 12.1. The lowest BCUT2D eigenvalue weighted by Gasteiger charge is -2.21. The topological polar surface area (TPSA) is 87.7 Å². The average Bonchev–Trinajstić information content (AvgIpc) is 2.86. The van der Waals surface area contributed by atoms with Crippen molar-refractivity contribution in [2.75, 3.05) is 6.54 Å². The highest BCUT2D eigenvalue weighted by molar-refractivity contribution is 7.10. The van der Waals surface area contributed by atoms with Crippen LogP contribution in [0.15, 0.2) is 16.6 Å². The number of carbonyl (C=O) groups excluding carboxylic acids is 1. The smallest absolute Gasteiger partial charge is 0.227 e. The summed E-state index contributed by atoms with van der Waals surface area (Å²) in [5.41, 5.74) is 6.52. The van der Waals surface area contributed by atoms with Gasteiger partial charge in [-0.05, 0) is 36.3 Å². The molecule has 1 unspecified atom stereocenters. The number of hydrogen-bond acceptors (Lipinski definition) is 4. The van der Waals surface area contributed by atoms with Crippen molar-refractivity contribution in [3.8, 4) is 0 Å². The molecule has 0 saturated carbocycles. The number of oxime groups is 1. The van der Waals surface area contributed by atoms with Gasteiger partial charge in [0.05, 0.1) is 5.92 Å². The van der Waals surface area contributed by atoms with Crippen LogP contribution in [0, 0.1) is 0 Å². The van der Waals surface area contributed by atoms with E-state index in [9.17, 15) is 4.79 Å².